The lowest BCUT2D eigenvalue weighted by Crippen LogP contribution is -2.25. The molecule has 2 rings (SSSR count). The van der Waals surface area contributed by atoms with Crippen LogP contribution < -0.4 is 10.1 Å². The summed E-state index contributed by atoms with van der Waals surface area (Å²) in [5.74, 6) is -0.575. The number of amides is 1. The highest BCUT2D eigenvalue weighted by molar-refractivity contribution is 7.10. The summed E-state index contributed by atoms with van der Waals surface area (Å²) >= 11 is 1.48. The third-order valence-corrected chi connectivity index (χ3v) is 4.48. The molecule has 0 fully saturated rings. The van der Waals surface area contributed by atoms with E-state index < -0.39 is 5.97 Å². The minimum Gasteiger partial charge on any atom is -0.497 e. The monoisotopic (exact) mass is 333 g/mol. The fraction of sp³-hybridized carbons (Fsp3) is 0.294. The van der Waals surface area contributed by atoms with E-state index in [-0.39, 0.29) is 24.7 Å². The van der Waals surface area contributed by atoms with Gasteiger partial charge in [-0.3, -0.25) is 9.59 Å². The van der Waals surface area contributed by atoms with Crippen molar-refractivity contribution in [1.82, 2.24) is 5.32 Å². The van der Waals surface area contributed by atoms with Crippen LogP contribution in [0.15, 0.2) is 41.8 Å². The number of aliphatic carboxylic acids is 1. The Morgan fingerprint density at radius 3 is 2.52 bits per heavy atom. The molecule has 122 valence electrons. The van der Waals surface area contributed by atoms with Crippen LogP contribution in [0.4, 0.5) is 0 Å². The Bertz CT molecular complexity index is 637. The molecular weight excluding hydrogens is 314 g/mol. The van der Waals surface area contributed by atoms with Crippen LogP contribution in [0.25, 0.3) is 0 Å². The quantitative estimate of drug-likeness (QED) is 0.778. The summed E-state index contributed by atoms with van der Waals surface area (Å²) in [5.41, 5.74) is 0.963. The average Bonchev–Trinajstić information content (AvgIpc) is 3.07. The van der Waals surface area contributed by atoms with E-state index in [9.17, 15) is 9.59 Å². The van der Waals surface area contributed by atoms with E-state index in [2.05, 4.69) is 5.32 Å². The van der Waals surface area contributed by atoms with Crippen molar-refractivity contribution < 1.29 is 19.4 Å². The predicted molar refractivity (Wildman–Crippen MR) is 88.8 cm³/mol. The van der Waals surface area contributed by atoms with Crippen molar-refractivity contribution in [3.8, 4) is 5.75 Å². The fourth-order valence-electron chi connectivity index (χ4n) is 2.25. The lowest BCUT2D eigenvalue weighted by Gasteiger charge is -2.13. The molecule has 0 unspecified atom stereocenters. The summed E-state index contributed by atoms with van der Waals surface area (Å²) < 4.78 is 5.08. The molecule has 0 bridgehead atoms. The molecule has 23 heavy (non-hydrogen) atoms. The van der Waals surface area contributed by atoms with Crippen LogP contribution in [-0.4, -0.2) is 24.1 Å². The number of thiophene rings is 1. The molecule has 0 saturated carbocycles. The maximum absolute atomic E-state index is 12.1. The topological polar surface area (TPSA) is 75.6 Å². The Labute approximate surface area is 138 Å². The van der Waals surface area contributed by atoms with Crippen LogP contribution in [0, 0.1) is 0 Å². The Morgan fingerprint density at radius 1 is 1.22 bits per heavy atom. The predicted octanol–water partition coefficient (Wildman–Crippen LogP) is 3.02. The second kappa shape index (κ2) is 8.33. The molecule has 0 aliphatic carbocycles. The Morgan fingerprint density at radius 2 is 1.96 bits per heavy atom. The number of benzene rings is 1. The number of carbonyl (C=O) groups is 2. The van der Waals surface area contributed by atoms with Gasteiger partial charge in [0.1, 0.15) is 5.75 Å². The highest BCUT2D eigenvalue weighted by Gasteiger charge is 2.20. The van der Waals surface area contributed by atoms with E-state index in [4.69, 9.17) is 9.84 Å². The van der Waals surface area contributed by atoms with Crippen molar-refractivity contribution in [3.63, 3.8) is 0 Å². The molecule has 6 heteroatoms. The van der Waals surface area contributed by atoms with E-state index in [1.54, 1.807) is 7.11 Å². The van der Waals surface area contributed by atoms with Gasteiger partial charge in [-0.2, -0.15) is 0 Å². The summed E-state index contributed by atoms with van der Waals surface area (Å²) in [6, 6.07) is 11.2. The highest BCUT2D eigenvalue weighted by Crippen LogP contribution is 2.27. The molecule has 1 atom stereocenters. The van der Waals surface area contributed by atoms with Crippen LogP contribution in [0.1, 0.15) is 29.2 Å². The molecule has 2 N–H and O–H groups in total. The lowest BCUT2D eigenvalue weighted by atomic mass is 9.99. The zero-order valence-corrected chi connectivity index (χ0v) is 13.6. The highest BCUT2D eigenvalue weighted by atomic mass is 32.1. The smallest absolute Gasteiger partial charge is 0.304 e. The molecule has 1 heterocycles. The van der Waals surface area contributed by atoms with Crippen molar-refractivity contribution in [2.75, 3.05) is 7.11 Å². The van der Waals surface area contributed by atoms with Gasteiger partial charge in [0, 0.05) is 23.8 Å². The third-order valence-electron chi connectivity index (χ3n) is 3.45. The Hall–Kier alpha value is -2.34. The molecule has 0 spiro atoms. The zero-order valence-electron chi connectivity index (χ0n) is 12.8. The third kappa shape index (κ3) is 5.41. The molecular formula is C17H19NO4S. The number of nitrogens with one attached hydrogen (secondary N) is 1. The van der Waals surface area contributed by atoms with Gasteiger partial charge >= 0.3 is 5.97 Å². The maximum atomic E-state index is 12.1. The summed E-state index contributed by atoms with van der Waals surface area (Å²) in [4.78, 5) is 24.0. The normalized spacial score (nSPS) is 11.7. The minimum atomic E-state index is -0.897. The first-order valence-electron chi connectivity index (χ1n) is 7.23. The first-order chi connectivity index (χ1) is 11.1. The summed E-state index contributed by atoms with van der Waals surface area (Å²) in [7, 11) is 1.60. The van der Waals surface area contributed by atoms with Crippen molar-refractivity contribution in [2.24, 2.45) is 0 Å². The number of carboxylic acids is 1. The molecule has 0 aliphatic heterocycles. The zero-order chi connectivity index (χ0) is 16.7. The van der Waals surface area contributed by atoms with E-state index in [0.717, 1.165) is 16.2 Å². The number of rotatable bonds is 8. The van der Waals surface area contributed by atoms with Gasteiger partial charge in [-0.15, -0.1) is 11.3 Å². The molecule has 1 aromatic carbocycles. The van der Waals surface area contributed by atoms with Crippen LogP contribution in [0.3, 0.4) is 0 Å². The SMILES string of the molecule is COc1ccc(CNC(=O)C[C@@H](CC(=O)O)c2cccs2)cc1. The van der Waals surface area contributed by atoms with Crippen molar-refractivity contribution >= 4 is 23.2 Å². The van der Waals surface area contributed by atoms with Gasteiger partial charge in [-0.1, -0.05) is 18.2 Å². The van der Waals surface area contributed by atoms with Gasteiger partial charge in [0.2, 0.25) is 5.91 Å². The second-order valence-electron chi connectivity index (χ2n) is 5.14. The van der Waals surface area contributed by atoms with Crippen molar-refractivity contribution in [1.29, 1.82) is 0 Å². The van der Waals surface area contributed by atoms with E-state index in [1.807, 2.05) is 41.8 Å². The average molecular weight is 333 g/mol. The standard InChI is InChI=1S/C17H19NO4S/c1-22-14-6-4-12(5-7-14)11-18-16(19)9-13(10-17(20)21)15-3-2-8-23-15/h2-8,13H,9-11H2,1H3,(H,18,19)(H,20,21)/t13-/m0/s1. The molecule has 0 aliphatic rings. The second-order valence-corrected chi connectivity index (χ2v) is 6.12. The largest absolute Gasteiger partial charge is 0.497 e. The number of ether oxygens (including phenoxy) is 1. The van der Waals surface area contributed by atoms with Crippen LogP contribution in [0.5, 0.6) is 5.75 Å². The molecule has 1 amide bonds. The maximum Gasteiger partial charge on any atom is 0.304 e. The van der Waals surface area contributed by atoms with Crippen molar-refractivity contribution in [3.05, 3.63) is 52.2 Å². The van der Waals surface area contributed by atoms with Crippen molar-refractivity contribution in [2.45, 2.75) is 25.3 Å². The number of methoxy groups -OCH3 is 1. The number of hydrogen-bond donors (Lipinski definition) is 2. The van der Waals surface area contributed by atoms with Gasteiger partial charge in [0.25, 0.3) is 0 Å². The molecule has 0 saturated heterocycles. The van der Waals surface area contributed by atoms with Crippen LogP contribution >= 0.6 is 11.3 Å². The minimum absolute atomic E-state index is 0.0452. The van der Waals surface area contributed by atoms with Gasteiger partial charge in [0.15, 0.2) is 0 Å². The number of carboxylic acid groups (broad SMARTS) is 1. The Balaban J connectivity index is 1.89. The van der Waals surface area contributed by atoms with E-state index >= 15 is 0 Å². The van der Waals surface area contributed by atoms with Gasteiger partial charge in [-0.25, -0.2) is 0 Å². The lowest BCUT2D eigenvalue weighted by molar-refractivity contribution is -0.137. The van der Waals surface area contributed by atoms with Gasteiger partial charge in [0.05, 0.1) is 13.5 Å². The Kier molecular flexibility index (Phi) is 6.17. The van der Waals surface area contributed by atoms with Crippen LogP contribution in [0.2, 0.25) is 0 Å². The number of carbonyl (C=O) groups excluding carboxylic acids is 1. The molecule has 5 nitrogen and oxygen atoms in total. The summed E-state index contributed by atoms with van der Waals surface area (Å²) in [5, 5.41) is 13.7. The van der Waals surface area contributed by atoms with E-state index in [1.165, 1.54) is 11.3 Å². The van der Waals surface area contributed by atoms with Gasteiger partial charge in [-0.05, 0) is 29.1 Å². The summed E-state index contributed by atoms with van der Waals surface area (Å²) in [6.45, 7) is 0.410. The first kappa shape index (κ1) is 17.0. The first-order valence-corrected chi connectivity index (χ1v) is 8.11. The molecule has 2 aromatic rings. The molecule has 0 radical (unpaired) electrons. The molecule has 1 aromatic heterocycles. The summed E-state index contributed by atoms with van der Waals surface area (Å²) in [6.07, 6.45) is 0.124. The number of hydrogen-bond acceptors (Lipinski definition) is 4. The van der Waals surface area contributed by atoms with E-state index in [0.29, 0.717) is 6.54 Å². The van der Waals surface area contributed by atoms with Gasteiger partial charge < -0.3 is 15.2 Å². The fourth-order valence-corrected chi connectivity index (χ4v) is 3.08. The van der Waals surface area contributed by atoms with Crippen LogP contribution in [-0.2, 0) is 16.1 Å².